The summed E-state index contributed by atoms with van der Waals surface area (Å²) >= 11 is 7.71. The zero-order valence-corrected chi connectivity index (χ0v) is 15.1. The summed E-state index contributed by atoms with van der Waals surface area (Å²) in [6, 6.07) is 7.02. The Morgan fingerprint density at radius 3 is 2.76 bits per heavy atom. The molecule has 132 valence electrons. The van der Waals surface area contributed by atoms with Gasteiger partial charge < -0.3 is 10.1 Å². The molecule has 1 aromatic heterocycles. The van der Waals surface area contributed by atoms with Gasteiger partial charge in [-0.1, -0.05) is 36.7 Å². The molecular formula is C17H17ClN2O4S. The van der Waals surface area contributed by atoms with Crippen molar-refractivity contribution in [2.24, 2.45) is 0 Å². The van der Waals surface area contributed by atoms with Gasteiger partial charge in [-0.15, -0.1) is 11.3 Å². The van der Waals surface area contributed by atoms with Crippen LogP contribution < -0.4 is 10.6 Å². The molecule has 1 heterocycles. The third-order valence-corrected chi connectivity index (χ3v) is 4.72. The summed E-state index contributed by atoms with van der Waals surface area (Å²) < 4.78 is 5.80. The molecular weight excluding hydrogens is 364 g/mol. The van der Waals surface area contributed by atoms with Gasteiger partial charge >= 0.3 is 12.0 Å². The van der Waals surface area contributed by atoms with E-state index in [9.17, 15) is 14.4 Å². The predicted octanol–water partition coefficient (Wildman–Crippen LogP) is 3.35. The quantitative estimate of drug-likeness (QED) is 0.594. The van der Waals surface area contributed by atoms with Crippen LogP contribution >= 0.6 is 22.9 Å². The van der Waals surface area contributed by atoms with Gasteiger partial charge in [0, 0.05) is 27.6 Å². The van der Waals surface area contributed by atoms with E-state index in [-0.39, 0.29) is 0 Å². The van der Waals surface area contributed by atoms with Crippen molar-refractivity contribution in [1.29, 1.82) is 0 Å². The van der Waals surface area contributed by atoms with E-state index in [1.54, 1.807) is 6.08 Å². The smallest absolute Gasteiger partial charge is 0.331 e. The lowest BCUT2D eigenvalue weighted by Crippen LogP contribution is -2.41. The van der Waals surface area contributed by atoms with E-state index < -0.39 is 24.5 Å². The van der Waals surface area contributed by atoms with Gasteiger partial charge in [0.2, 0.25) is 0 Å². The average Bonchev–Trinajstić information content (AvgIpc) is 2.92. The fraction of sp³-hybridized carbons (Fsp3) is 0.235. The molecule has 0 aliphatic rings. The van der Waals surface area contributed by atoms with Gasteiger partial charge in [0.1, 0.15) is 0 Å². The maximum Gasteiger partial charge on any atom is 0.331 e. The van der Waals surface area contributed by atoms with Crippen LogP contribution in [-0.4, -0.2) is 31.1 Å². The number of halogens is 1. The first-order valence-corrected chi connectivity index (χ1v) is 8.80. The van der Waals surface area contributed by atoms with Gasteiger partial charge in [0.05, 0.1) is 5.02 Å². The largest absolute Gasteiger partial charge is 0.452 e. The average molecular weight is 381 g/mol. The Morgan fingerprint density at radius 2 is 2.04 bits per heavy atom. The number of imide groups is 1. The second-order valence-corrected chi connectivity index (χ2v) is 6.48. The van der Waals surface area contributed by atoms with E-state index >= 15 is 0 Å². The molecule has 0 saturated heterocycles. The molecule has 0 atom stereocenters. The molecule has 2 aromatic rings. The molecule has 0 radical (unpaired) electrons. The van der Waals surface area contributed by atoms with Crippen molar-refractivity contribution in [3.05, 3.63) is 40.2 Å². The summed E-state index contributed by atoms with van der Waals surface area (Å²) in [7, 11) is 0. The number of urea groups is 1. The summed E-state index contributed by atoms with van der Waals surface area (Å²) in [6.45, 7) is 1.81. The molecule has 25 heavy (non-hydrogen) atoms. The molecule has 3 amide bonds. The summed E-state index contributed by atoms with van der Waals surface area (Å²) in [5.41, 5.74) is 0. The standard InChI is InChI=1S/C17H17ClN2O4S/c1-2-9-19-17(23)20-14(21)10-24-15(22)8-7-13-16(18)11-5-3-4-6-12(11)25-13/h3-8H,2,9-10H2,1H3,(H2,19,20,21,23)/b8-7+. The molecule has 1 aromatic carbocycles. The first-order chi connectivity index (χ1) is 12.0. The number of esters is 1. The van der Waals surface area contributed by atoms with E-state index in [1.807, 2.05) is 31.2 Å². The van der Waals surface area contributed by atoms with Crippen molar-refractivity contribution in [3.63, 3.8) is 0 Å². The summed E-state index contributed by atoms with van der Waals surface area (Å²) in [5, 5.41) is 6.02. The second kappa shape index (κ2) is 9.19. The number of carbonyl (C=O) groups excluding carboxylic acids is 3. The summed E-state index contributed by atoms with van der Waals surface area (Å²) in [4.78, 5) is 35.2. The van der Waals surface area contributed by atoms with Crippen LogP contribution in [-0.2, 0) is 14.3 Å². The van der Waals surface area contributed by atoms with Gasteiger partial charge in [-0.2, -0.15) is 0 Å². The molecule has 0 fully saturated rings. The van der Waals surface area contributed by atoms with Gasteiger partial charge in [0.25, 0.3) is 5.91 Å². The fourth-order valence-electron chi connectivity index (χ4n) is 1.91. The van der Waals surface area contributed by atoms with Crippen molar-refractivity contribution < 1.29 is 19.1 Å². The Kier molecular flexibility index (Phi) is 6.97. The molecule has 8 heteroatoms. The number of nitrogens with one attached hydrogen (secondary N) is 2. The fourth-order valence-corrected chi connectivity index (χ4v) is 3.31. The summed E-state index contributed by atoms with van der Waals surface area (Å²) in [5.74, 6) is -1.40. The van der Waals surface area contributed by atoms with Crippen LogP contribution in [0.2, 0.25) is 5.02 Å². The van der Waals surface area contributed by atoms with Crippen molar-refractivity contribution in [1.82, 2.24) is 10.6 Å². The number of thiophene rings is 1. The minimum Gasteiger partial charge on any atom is -0.452 e. The number of benzene rings is 1. The molecule has 0 bridgehead atoms. The topological polar surface area (TPSA) is 84.5 Å². The lowest BCUT2D eigenvalue weighted by molar-refractivity contribution is -0.143. The number of rotatable bonds is 6. The first-order valence-electron chi connectivity index (χ1n) is 7.60. The van der Waals surface area contributed by atoms with Crippen LogP contribution in [0.25, 0.3) is 16.2 Å². The highest BCUT2D eigenvalue weighted by molar-refractivity contribution is 7.20. The lowest BCUT2D eigenvalue weighted by Gasteiger charge is -2.05. The number of ether oxygens (including phenoxy) is 1. The molecule has 0 saturated carbocycles. The van der Waals surface area contributed by atoms with Crippen molar-refractivity contribution in [3.8, 4) is 0 Å². The van der Waals surface area contributed by atoms with Gasteiger partial charge in [-0.05, 0) is 18.6 Å². The van der Waals surface area contributed by atoms with Crippen LogP contribution in [0, 0.1) is 0 Å². The minimum atomic E-state index is -0.699. The molecule has 0 aliphatic heterocycles. The lowest BCUT2D eigenvalue weighted by atomic mass is 10.2. The molecule has 2 rings (SSSR count). The van der Waals surface area contributed by atoms with Crippen molar-refractivity contribution in [2.75, 3.05) is 13.2 Å². The monoisotopic (exact) mass is 380 g/mol. The highest BCUT2D eigenvalue weighted by Crippen LogP contribution is 2.35. The third kappa shape index (κ3) is 5.58. The Balaban J connectivity index is 1.85. The second-order valence-electron chi connectivity index (χ2n) is 5.02. The van der Waals surface area contributed by atoms with Crippen LogP contribution in [0.4, 0.5) is 4.79 Å². The number of fused-ring (bicyclic) bond motifs is 1. The number of amides is 3. The van der Waals surface area contributed by atoms with Gasteiger partial charge in [0.15, 0.2) is 6.61 Å². The van der Waals surface area contributed by atoms with Crippen LogP contribution in [0.1, 0.15) is 18.2 Å². The van der Waals surface area contributed by atoms with Crippen molar-refractivity contribution in [2.45, 2.75) is 13.3 Å². The Bertz CT molecular complexity index is 816. The summed E-state index contributed by atoms with van der Waals surface area (Å²) in [6.07, 6.45) is 3.49. The molecule has 2 N–H and O–H groups in total. The molecule has 0 aliphatic carbocycles. The molecule has 0 spiro atoms. The molecule has 6 nitrogen and oxygen atoms in total. The van der Waals surface area contributed by atoms with E-state index in [0.717, 1.165) is 21.4 Å². The van der Waals surface area contributed by atoms with E-state index in [4.69, 9.17) is 16.3 Å². The third-order valence-electron chi connectivity index (χ3n) is 3.06. The predicted molar refractivity (Wildman–Crippen MR) is 98.7 cm³/mol. The Labute approximate surface area is 153 Å². The van der Waals surface area contributed by atoms with Gasteiger partial charge in [-0.25, -0.2) is 9.59 Å². The maximum atomic E-state index is 11.7. The molecule has 0 unspecified atom stereocenters. The zero-order valence-electron chi connectivity index (χ0n) is 13.5. The van der Waals surface area contributed by atoms with Crippen molar-refractivity contribution >= 4 is 57.0 Å². The zero-order chi connectivity index (χ0) is 18.2. The SMILES string of the molecule is CCCNC(=O)NC(=O)COC(=O)/C=C/c1sc2ccccc2c1Cl. The van der Waals surface area contributed by atoms with Crippen LogP contribution in [0.5, 0.6) is 0 Å². The van der Waals surface area contributed by atoms with Gasteiger partial charge in [-0.3, -0.25) is 10.1 Å². The highest BCUT2D eigenvalue weighted by Gasteiger charge is 2.10. The van der Waals surface area contributed by atoms with E-state index in [2.05, 4.69) is 10.6 Å². The Hall–Kier alpha value is -2.38. The van der Waals surface area contributed by atoms with E-state index in [0.29, 0.717) is 11.6 Å². The first kappa shape index (κ1) is 19.0. The van der Waals surface area contributed by atoms with Crippen LogP contribution in [0.15, 0.2) is 30.3 Å². The normalized spacial score (nSPS) is 10.8. The highest BCUT2D eigenvalue weighted by atomic mass is 35.5. The minimum absolute atomic E-state index is 0.456. The number of hydrogen-bond donors (Lipinski definition) is 2. The Morgan fingerprint density at radius 1 is 1.28 bits per heavy atom. The number of carbonyl (C=O) groups is 3. The maximum absolute atomic E-state index is 11.7. The number of hydrogen-bond acceptors (Lipinski definition) is 5. The van der Waals surface area contributed by atoms with Crippen LogP contribution in [0.3, 0.4) is 0 Å². The van der Waals surface area contributed by atoms with E-state index in [1.165, 1.54) is 17.4 Å².